The zero-order valence-corrected chi connectivity index (χ0v) is 17.0. The molecule has 0 bridgehead atoms. The molecule has 0 aromatic carbocycles. The van der Waals surface area contributed by atoms with Crippen LogP contribution in [0.25, 0.3) is 0 Å². The van der Waals surface area contributed by atoms with Gasteiger partial charge in [0, 0.05) is 6.54 Å². The second-order valence-corrected chi connectivity index (χ2v) is 7.67. The van der Waals surface area contributed by atoms with E-state index in [1.165, 1.54) is 24.5 Å². The molecule has 1 aromatic heterocycles. The molecule has 3 rings (SSSR count). The average molecular weight is 420 g/mol. The van der Waals surface area contributed by atoms with Gasteiger partial charge in [0.05, 0.1) is 32.0 Å². The number of carbonyl (C=O) groups is 3. The van der Waals surface area contributed by atoms with E-state index in [1.54, 1.807) is 0 Å². The van der Waals surface area contributed by atoms with Gasteiger partial charge in [-0.05, 0) is 18.8 Å². The maximum absolute atomic E-state index is 13.2. The largest absolute Gasteiger partial charge is 0.480 e. The van der Waals surface area contributed by atoms with Gasteiger partial charge >= 0.3 is 0 Å². The lowest BCUT2D eigenvalue weighted by molar-refractivity contribution is -0.159. The number of anilines is 1. The first-order valence-corrected chi connectivity index (χ1v) is 10.2. The minimum absolute atomic E-state index is 0.104. The number of hydrogen-bond donors (Lipinski definition) is 3. The van der Waals surface area contributed by atoms with E-state index in [1.807, 2.05) is 0 Å². The Labute approximate surface area is 174 Å². The van der Waals surface area contributed by atoms with Gasteiger partial charge in [-0.15, -0.1) is 0 Å². The summed E-state index contributed by atoms with van der Waals surface area (Å²) < 4.78 is 5.00. The number of nitrogens with zero attached hydrogens (tertiary/aromatic N) is 4. The molecule has 1 aromatic rings. The molecule has 1 saturated heterocycles. The van der Waals surface area contributed by atoms with Gasteiger partial charge in [-0.3, -0.25) is 29.6 Å². The van der Waals surface area contributed by atoms with Crippen molar-refractivity contribution in [2.24, 2.45) is 11.8 Å². The van der Waals surface area contributed by atoms with Crippen LogP contribution < -0.4 is 15.5 Å². The Balaban J connectivity index is 1.69. The van der Waals surface area contributed by atoms with Crippen LogP contribution >= 0.6 is 0 Å². The van der Waals surface area contributed by atoms with Crippen LogP contribution in [-0.2, 0) is 14.4 Å². The summed E-state index contributed by atoms with van der Waals surface area (Å²) in [6.45, 7) is 0.354. The first-order chi connectivity index (χ1) is 14.5. The Hall–Kier alpha value is -2.79. The van der Waals surface area contributed by atoms with Crippen molar-refractivity contribution in [3.05, 3.63) is 12.4 Å². The number of methoxy groups -OCH3 is 1. The van der Waals surface area contributed by atoms with E-state index < -0.39 is 17.9 Å². The Morgan fingerprint density at radius 1 is 1.40 bits per heavy atom. The molecule has 3 amide bonds. The van der Waals surface area contributed by atoms with Crippen LogP contribution in [0.2, 0.25) is 0 Å². The highest BCUT2D eigenvalue weighted by atomic mass is 16.5. The van der Waals surface area contributed by atoms with Gasteiger partial charge in [-0.1, -0.05) is 25.7 Å². The predicted molar refractivity (Wildman–Crippen MR) is 105 cm³/mol. The number of ether oxygens (including phenoxy) is 1. The van der Waals surface area contributed by atoms with E-state index in [0.717, 1.165) is 25.7 Å². The van der Waals surface area contributed by atoms with E-state index in [9.17, 15) is 19.6 Å². The van der Waals surface area contributed by atoms with E-state index in [2.05, 4.69) is 20.7 Å². The lowest BCUT2D eigenvalue weighted by Crippen LogP contribution is -2.51. The fourth-order valence-electron chi connectivity index (χ4n) is 4.12. The minimum Gasteiger partial charge on any atom is -0.480 e. The predicted octanol–water partition coefficient (Wildman–Crippen LogP) is 0.573. The van der Waals surface area contributed by atoms with Crippen molar-refractivity contribution in [1.29, 1.82) is 0 Å². The maximum atomic E-state index is 13.2. The molecule has 2 heterocycles. The zero-order chi connectivity index (χ0) is 21.5. The molecule has 1 unspecified atom stereocenters. The molecule has 2 atom stereocenters. The first-order valence-electron chi connectivity index (χ1n) is 10.2. The van der Waals surface area contributed by atoms with Gasteiger partial charge in [0.25, 0.3) is 0 Å². The van der Waals surface area contributed by atoms with Gasteiger partial charge in [-0.2, -0.15) is 4.98 Å². The van der Waals surface area contributed by atoms with Crippen molar-refractivity contribution in [1.82, 2.24) is 25.5 Å². The topological polar surface area (TPSA) is 137 Å². The number of aromatic nitrogens is 2. The molecule has 1 aliphatic carbocycles. The maximum Gasteiger partial charge on any atom is 0.250 e. The summed E-state index contributed by atoms with van der Waals surface area (Å²) in [6.07, 6.45) is 8.41. The van der Waals surface area contributed by atoms with Crippen LogP contribution in [-0.4, -0.2) is 69.7 Å². The van der Waals surface area contributed by atoms with Crippen LogP contribution in [0, 0.1) is 11.8 Å². The number of hydrazine groups is 1. The Morgan fingerprint density at radius 2 is 2.17 bits per heavy atom. The number of carbonyl (C=O) groups excluding carboxylic acids is 3. The second-order valence-electron chi connectivity index (χ2n) is 7.67. The number of nitrogens with one attached hydrogen (secondary N) is 2. The van der Waals surface area contributed by atoms with E-state index in [-0.39, 0.29) is 30.6 Å². The molecule has 3 N–H and O–H groups in total. The summed E-state index contributed by atoms with van der Waals surface area (Å²) in [7, 11) is 1.45. The molecule has 11 nitrogen and oxygen atoms in total. The van der Waals surface area contributed by atoms with Crippen molar-refractivity contribution in [3.63, 3.8) is 0 Å². The van der Waals surface area contributed by atoms with E-state index >= 15 is 0 Å². The Morgan fingerprint density at radius 3 is 2.87 bits per heavy atom. The van der Waals surface area contributed by atoms with Crippen LogP contribution in [0.3, 0.4) is 0 Å². The van der Waals surface area contributed by atoms with Gasteiger partial charge in [0.2, 0.25) is 24.1 Å². The van der Waals surface area contributed by atoms with Gasteiger partial charge in [-0.25, -0.2) is 10.5 Å². The SMILES string of the molecule is COc1cncc(NC(=O)[C@@H]2CCNN2C(=O)C(CC2CCCC2)CN(O)C=O)n1. The van der Waals surface area contributed by atoms with Crippen LogP contribution in [0.5, 0.6) is 5.88 Å². The van der Waals surface area contributed by atoms with Crippen molar-refractivity contribution < 1.29 is 24.3 Å². The summed E-state index contributed by atoms with van der Waals surface area (Å²) in [6, 6.07) is -0.736. The molecule has 11 heteroatoms. The lowest BCUT2D eigenvalue weighted by atomic mass is 9.92. The average Bonchev–Trinajstić information content (AvgIpc) is 3.44. The van der Waals surface area contributed by atoms with E-state index in [0.29, 0.717) is 30.4 Å². The molecule has 2 aliphatic rings. The molecule has 0 spiro atoms. The van der Waals surface area contributed by atoms with Crippen molar-refractivity contribution in [3.8, 4) is 5.88 Å². The highest BCUT2D eigenvalue weighted by Gasteiger charge is 2.39. The smallest absolute Gasteiger partial charge is 0.250 e. The van der Waals surface area contributed by atoms with Gasteiger partial charge in [0.15, 0.2) is 5.82 Å². The third-order valence-corrected chi connectivity index (χ3v) is 5.60. The van der Waals surface area contributed by atoms with Crippen molar-refractivity contribution >= 4 is 24.0 Å². The standard InChI is InChI=1S/C19H28N6O5/c1-30-17-10-20-9-16(22-17)23-18(27)15-6-7-21-25(15)19(28)14(11-24(29)12-26)8-13-4-2-3-5-13/h9-10,12-15,21,29H,2-8,11H2,1H3,(H,22,23,27)/t14?,15-/m0/s1. The Bertz CT molecular complexity index is 757. The summed E-state index contributed by atoms with van der Waals surface area (Å²) in [5.41, 5.74) is 2.97. The molecule has 164 valence electrons. The number of rotatable bonds is 9. The molecule has 2 fully saturated rings. The normalized spacial score (nSPS) is 20.1. The van der Waals surface area contributed by atoms with Crippen LogP contribution in [0.15, 0.2) is 12.4 Å². The quantitative estimate of drug-likeness (QED) is 0.300. The molecule has 0 radical (unpaired) electrons. The second kappa shape index (κ2) is 10.3. The molecular weight excluding hydrogens is 392 g/mol. The lowest BCUT2D eigenvalue weighted by Gasteiger charge is -2.29. The number of amides is 3. The van der Waals surface area contributed by atoms with Crippen molar-refractivity contribution in [2.45, 2.75) is 44.6 Å². The molecule has 1 saturated carbocycles. The fraction of sp³-hybridized carbons (Fsp3) is 0.632. The summed E-state index contributed by atoms with van der Waals surface area (Å²) in [4.78, 5) is 45.0. The van der Waals surface area contributed by atoms with Gasteiger partial charge in [0.1, 0.15) is 6.04 Å². The number of hydroxylamine groups is 2. The minimum atomic E-state index is -0.736. The number of hydrogen-bond acceptors (Lipinski definition) is 8. The highest BCUT2D eigenvalue weighted by Crippen LogP contribution is 2.31. The zero-order valence-electron chi connectivity index (χ0n) is 17.0. The monoisotopic (exact) mass is 420 g/mol. The summed E-state index contributed by atoms with van der Waals surface area (Å²) >= 11 is 0. The van der Waals surface area contributed by atoms with Crippen molar-refractivity contribution in [2.75, 3.05) is 25.5 Å². The summed E-state index contributed by atoms with van der Waals surface area (Å²) in [5.74, 6) is -0.437. The van der Waals surface area contributed by atoms with Crippen LogP contribution in [0.1, 0.15) is 38.5 Å². The Kier molecular flexibility index (Phi) is 7.52. The fourth-order valence-corrected chi connectivity index (χ4v) is 4.12. The third kappa shape index (κ3) is 5.42. The summed E-state index contributed by atoms with van der Waals surface area (Å²) in [5, 5.41) is 14.2. The van der Waals surface area contributed by atoms with Gasteiger partial charge < -0.3 is 10.1 Å². The molecular formula is C19H28N6O5. The highest BCUT2D eigenvalue weighted by molar-refractivity contribution is 5.97. The van der Waals surface area contributed by atoms with E-state index in [4.69, 9.17) is 4.74 Å². The first kappa shape index (κ1) is 21.9. The third-order valence-electron chi connectivity index (χ3n) is 5.60. The van der Waals surface area contributed by atoms with Crippen LogP contribution in [0.4, 0.5) is 5.82 Å². The molecule has 30 heavy (non-hydrogen) atoms. The molecule has 1 aliphatic heterocycles.